The molecule has 3 aromatic carbocycles. The second kappa shape index (κ2) is 13.8. The van der Waals surface area contributed by atoms with Gasteiger partial charge in [-0.05, 0) is 61.2 Å². The van der Waals surface area contributed by atoms with Gasteiger partial charge in [-0.15, -0.1) is 0 Å². The summed E-state index contributed by atoms with van der Waals surface area (Å²) in [4.78, 5) is 42.4. The van der Waals surface area contributed by atoms with Crippen molar-refractivity contribution in [2.24, 2.45) is 0 Å². The molecule has 2 aliphatic heterocycles. The van der Waals surface area contributed by atoms with Gasteiger partial charge in [-0.2, -0.15) is 0 Å². The van der Waals surface area contributed by atoms with Crippen LogP contribution in [0.3, 0.4) is 0 Å². The number of fused-ring (bicyclic) bond motifs is 3. The van der Waals surface area contributed by atoms with Gasteiger partial charge in [-0.3, -0.25) is 14.2 Å². The van der Waals surface area contributed by atoms with Crippen LogP contribution in [0.5, 0.6) is 11.5 Å². The average Bonchev–Trinajstić information content (AvgIpc) is 3.76. The Balaban J connectivity index is 0.000000160. The molecule has 1 N–H and O–H groups in total. The highest BCUT2D eigenvalue weighted by atomic mass is 35.5. The lowest BCUT2D eigenvalue weighted by Crippen LogP contribution is -2.34. The predicted octanol–water partition coefficient (Wildman–Crippen LogP) is 6.49. The van der Waals surface area contributed by atoms with Crippen molar-refractivity contribution < 1.29 is 23.5 Å². The fourth-order valence-corrected chi connectivity index (χ4v) is 6.00. The summed E-state index contributed by atoms with van der Waals surface area (Å²) in [6, 6.07) is 18.2. The van der Waals surface area contributed by atoms with Gasteiger partial charge in [0.25, 0.3) is 0 Å². The number of thiazole rings is 1. The van der Waals surface area contributed by atoms with Gasteiger partial charge in [0.15, 0.2) is 22.2 Å². The van der Waals surface area contributed by atoms with E-state index < -0.39 is 5.76 Å². The Morgan fingerprint density at radius 1 is 0.978 bits per heavy atom. The average molecular weight is 645 g/mol. The molecule has 0 saturated carbocycles. The van der Waals surface area contributed by atoms with E-state index >= 15 is 0 Å². The number of hydrogen-bond acceptors (Lipinski definition) is 8. The summed E-state index contributed by atoms with van der Waals surface area (Å²) in [6.45, 7) is 1.89. The molecule has 0 unspecified atom stereocenters. The molecule has 0 atom stereocenters. The first kappa shape index (κ1) is 30.2. The molecule has 4 heterocycles. The van der Waals surface area contributed by atoms with Crippen LogP contribution in [0, 0.1) is 0 Å². The van der Waals surface area contributed by atoms with Crippen molar-refractivity contribution in [1.82, 2.24) is 14.5 Å². The first-order valence-electron chi connectivity index (χ1n) is 14.4. The van der Waals surface area contributed by atoms with Crippen molar-refractivity contribution in [2.75, 3.05) is 25.2 Å². The number of anilines is 1. The number of carbonyl (C=O) groups is 2. The molecule has 2 amide bonds. The highest BCUT2D eigenvalue weighted by Gasteiger charge is 2.16. The molecule has 45 heavy (non-hydrogen) atoms. The number of amides is 2. The number of para-hydroxylation sites is 1. The molecule has 5 aromatic rings. The molecule has 10 nitrogen and oxygen atoms in total. The summed E-state index contributed by atoms with van der Waals surface area (Å²) in [7, 11) is 0. The number of hydrogen-bond donors (Lipinski definition) is 1. The Kier molecular flexibility index (Phi) is 9.27. The van der Waals surface area contributed by atoms with Crippen molar-refractivity contribution in [2.45, 2.75) is 25.8 Å². The van der Waals surface area contributed by atoms with Gasteiger partial charge in [0, 0.05) is 30.3 Å². The normalized spacial score (nSPS) is 14.3. The zero-order valence-corrected chi connectivity index (χ0v) is 25.7. The lowest BCUT2D eigenvalue weighted by atomic mass is 10.1. The molecule has 230 valence electrons. The summed E-state index contributed by atoms with van der Waals surface area (Å²) >= 11 is 7.25. The number of oxazole rings is 1. The third-order valence-corrected chi connectivity index (χ3v) is 8.36. The van der Waals surface area contributed by atoms with E-state index in [2.05, 4.69) is 10.3 Å². The highest BCUT2D eigenvalue weighted by Crippen LogP contribution is 2.32. The van der Waals surface area contributed by atoms with Crippen LogP contribution in [0.4, 0.5) is 5.13 Å². The molecule has 1 fully saturated rings. The molecule has 7 rings (SSSR count). The zero-order chi connectivity index (χ0) is 31.2. The maximum Gasteiger partial charge on any atom is 0.420 e. The van der Waals surface area contributed by atoms with Gasteiger partial charge < -0.3 is 24.1 Å². The maximum atomic E-state index is 12.2. The van der Waals surface area contributed by atoms with Crippen molar-refractivity contribution in [3.05, 3.63) is 100 Å². The number of ether oxygens (including phenoxy) is 2. The second-order valence-electron chi connectivity index (χ2n) is 10.3. The van der Waals surface area contributed by atoms with E-state index in [4.69, 9.17) is 25.5 Å². The van der Waals surface area contributed by atoms with Crippen LogP contribution in [0.1, 0.15) is 24.8 Å². The van der Waals surface area contributed by atoms with E-state index in [1.165, 1.54) is 22.3 Å². The minimum atomic E-state index is -0.605. The number of benzene rings is 3. The molecule has 2 aliphatic rings. The van der Waals surface area contributed by atoms with Crippen molar-refractivity contribution in [1.29, 1.82) is 0 Å². The smallest absolute Gasteiger partial charge is 0.420 e. The Labute approximate surface area is 267 Å². The summed E-state index contributed by atoms with van der Waals surface area (Å²) in [5.41, 5.74) is 2.71. The lowest BCUT2D eigenvalue weighted by molar-refractivity contribution is -0.126. The molecular weight excluding hydrogens is 616 g/mol. The van der Waals surface area contributed by atoms with Crippen LogP contribution >= 0.6 is 22.9 Å². The SMILES string of the molecule is O=C(C=CC=Cc1ccc2c(c1)OCO2)N1CCCCC1.O=C(Cn1c(=O)oc2cc(Cl)ccc21)Nc1nc2ccccc2s1. The van der Waals surface area contributed by atoms with E-state index in [1.54, 1.807) is 30.4 Å². The number of nitrogens with zero attached hydrogens (tertiary/aromatic N) is 3. The molecule has 2 aromatic heterocycles. The third kappa shape index (κ3) is 7.44. The Morgan fingerprint density at radius 3 is 2.64 bits per heavy atom. The first-order chi connectivity index (χ1) is 21.9. The van der Waals surface area contributed by atoms with Gasteiger partial charge in [0.05, 0.1) is 15.7 Å². The van der Waals surface area contributed by atoms with Crippen molar-refractivity contribution in [3.63, 3.8) is 0 Å². The molecule has 0 bridgehead atoms. The number of piperidine rings is 1. The Bertz CT molecular complexity index is 1940. The standard InChI is InChI=1S/C17H19NO3.C16H10ClN3O3S/c19-17(18-10-4-1-5-11-18)7-3-2-6-14-8-9-15-16(12-14)21-13-20-15;17-9-5-6-11-12(7-9)23-16(22)20(11)8-14(21)19-15-18-10-3-1-2-4-13(10)24-15/h2-3,6-9,12H,1,4-5,10-11,13H2;1-7H,8H2,(H,18,19,21). The number of carbonyl (C=O) groups excluding carboxylic acids is 2. The quantitative estimate of drug-likeness (QED) is 0.166. The van der Waals surface area contributed by atoms with Crippen LogP contribution in [0.15, 0.2) is 88.1 Å². The molecule has 1 saturated heterocycles. The number of halogens is 1. The van der Waals surface area contributed by atoms with Crippen LogP contribution in [0.2, 0.25) is 5.02 Å². The number of nitrogens with one attached hydrogen (secondary N) is 1. The molecule has 0 aliphatic carbocycles. The largest absolute Gasteiger partial charge is 0.454 e. The summed E-state index contributed by atoms with van der Waals surface area (Å²) in [5.74, 6) is 0.694. The van der Waals surface area contributed by atoms with Crippen LogP contribution in [0.25, 0.3) is 27.4 Å². The fourth-order valence-electron chi connectivity index (χ4n) is 4.96. The maximum absolute atomic E-state index is 12.2. The predicted molar refractivity (Wildman–Crippen MR) is 175 cm³/mol. The minimum Gasteiger partial charge on any atom is -0.454 e. The van der Waals surface area contributed by atoms with E-state index in [1.807, 2.05) is 59.5 Å². The Morgan fingerprint density at radius 2 is 1.80 bits per heavy atom. The van der Waals surface area contributed by atoms with Crippen LogP contribution in [-0.2, 0) is 16.1 Å². The summed E-state index contributed by atoms with van der Waals surface area (Å²) < 4.78 is 17.9. The van der Waals surface area contributed by atoms with Crippen molar-refractivity contribution in [3.8, 4) is 11.5 Å². The van der Waals surface area contributed by atoms with Crippen LogP contribution in [-0.4, -0.2) is 46.1 Å². The van der Waals surface area contributed by atoms with E-state index in [0.29, 0.717) is 21.3 Å². The molecular formula is C33H29ClN4O6S. The number of aromatic nitrogens is 2. The zero-order valence-electron chi connectivity index (χ0n) is 24.1. The van der Waals surface area contributed by atoms with Crippen LogP contribution < -0.4 is 20.5 Å². The van der Waals surface area contributed by atoms with Gasteiger partial charge in [-0.25, -0.2) is 9.78 Å². The van der Waals surface area contributed by atoms with E-state index in [-0.39, 0.29) is 25.2 Å². The van der Waals surface area contributed by atoms with Gasteiger partial charge in [0.2, 0.25) is 18.6 Å². The number of rotatable bonds is 6. The first-order valence-corrected chi connectivity index (χ1v) is 15.6. The second-order valence-corrected chi connectivity index (χ2v) is 11.8. The van der Waals surface area contributed by atoms with Gasteiger partial charge in [0.1, 0.15) is 6.54 Å². The number of allylic oxidation sites excluding steroid dienone is 2. The molecule has 0 radical (unpaired) electrons. The topological polar surface area (TPSA) is 116 Å². The monoisotopic (exact) mass is 644 g/mol. The van der Waals surface area contributed by atoms with E-state index in [9.17, 15) is 14.4 Å². The van der Waals surface area contributed by atoms with Crippen molar-refractivity contribution >= 4 is 67.3 Å². The highest BCUT2D eigenvalue weighted by molar-refractivity contribution is 7.22. The fraction of sp³-hybridized carbons (Fsp3) is 0.212. The van der Waals surface area contributed by atoms with Gasteiger partial charge >= 0.3 is 5.76 Å². The summed E-state index contributed by atoms with van der Waals surface area (Å²) in [5, 5.41) is 3.67. The molecule has 0 spiro atoms. The third-order valence-electron chi connectivity index (χ3n) is 7.18. The lowest BCUT2D eigenvalue weighted by Gasteiger charge is -2.25. The number of likely N-dealkylation sites (tertiary alicyclic amines) is 1. The Hall–Kier alpha value is -4.87. The minimum absolute atomic E-state index is 0.102. The van der Waals surface area contributed by atoms with Gasteiger partial charge in [-0.1, -0.05) is 59.4 Å². The molecule has 12 heteroatoms. The summed E-state index contributed by atoms with van der Waals surface area (Å²) in [6.07, 6.45) is 10.7. The van der Waals surface area contributed by atoms with E-state index in [0.717, 1.165) is 53.2 Å².